The van der Waals surface area contributed by atoms with Gasteiger partial charge in [0.2, 0.25) is 0 Å². The minimum atomic E-state index is -0.523. The van der Waals surface area contributed by atoms with Gasteiger partial charge in [0.25, 0.3) is 11.8 Å². The first-order valence-electron chi connectivity index (χ1n) is 7.01. The molecule has 2 rings (SSSR count). The van der Waals surface area contributed by atoms with Crippen LogP contribution in [-0.4, -0.2) is 31.4 Å². The van der Waals surface area contributed by atoms with Crippen molar-refractivity contribution >= 4 is 46.1 Å². The van der Waals surface area contributed by atoms with Gasteiger partial charge in [-0.1, -0.05) is 0 Å². The highest BCUT2D eigenvalue weighted by atomic mass is 127. The molecule has 2 N–H and O–H groups in total. The van der Waals surface area contributed by atoms with Crippen molar-refractivity contribution in [3.8, 4) is 0 Å². The molecule has 0 saturated heterocycles. The van der Waals surface area contributed by atoms with Crippen molar-refractivity contribution < 1.29 is 19.1 Å². The molecule has 0 aliphatic heterocycles. The molecule has 0 unspecified atom stereocenters. The first-order valence-corrected chi connectivity index (χ1v) is 8.09. The summed E-state index contributed by atoms with van der Waals surface area (Å²) >= 11 is 2.17. The van der Waals surface area contributed by atoms with Crippen LogP contribution in [-0.2, 0) is 9.53 Å². The highest BCUT2D eigenvalue weighted by molar-refractivity contribution is 14.1. The van der Waals surface area contributed by atoms with Gasteiger partial charge < -0.3 is 15.4 Å². The normalized spacial score (nSPS) is 9.92. The number of anilines is 1. The second-order valence-corrected chi connectivity index (χ2v) is 6.04. The first-order chi connectivity index (χ1) is 11.5. The highest BCUT2D eigenvalue weighted by Gasteiger charge is 2.09. The molecule has 0 saturated carbocycles. The van der Waals surface area contributed by atoms with Gasteiger partial charge in [-0.25, -0.2) is 0 Å². The smallest absolute Gasteiger partial charge is 0.325 e. The van der Waals surface area contributed by atoms with Crippen molar-refractivity contribution in [2.45, 2.75) is 0 Å². The largest absolute Gasteiger partial charge is 0.468 e. The molecule has 0 heterocycles. The fraction of sp³-hybridized carbons (Fsp3) is 0.118. The van der Waals surface area contributed by atoms with Gasteiger partial charge in [-0.3, -0.25) is 14.4 Å². The first kappa shape index (κ1) is 17.9. The summed E-state index contributed by atoms with van der Waals surface area (Å²) in [6.07, 6.45) is 0. The Bertz CT molecular complexity index is 742. The van der Waals surface area contributed by atoms with Gasteiger partial charge in [-0.2, -0.15) is 0 Å². The van der Waals surface area contributed by atoms with E-state index < -0.39 is 11.9 Å². The number of carbonyl (C=O) groups excluding carboxylic acids is 3. The molecule has 0 atom stereocenters. The van der Waals surface area contributed by atoms with Gasteiger partial charge in [-0.05, 0) is 71.1 Å². The predicted molar refractivity (Wildman–Crippen MR) is 97.9 cm³/mol. The fourth-order valence-electron chi connectivity index (χ4n) is 1.84. The Labute approximate surface area is 152 Å². The third kappa shape index (κ3) is 5.05. The zero-order valence-electron chi connectivity index (χ0n) is 12.8. The van der Waals surface area contributed by atoms with Crippen molar-refractivity contribution in [2.24, 2.45) is 0 Å². The van der Waals surface area contributed by atoms with Gasteiger partial charge in [0, 0.05) is 20.4 Å². The number of methoxy groups -OCH3 is 1. The van der Waals surface area contributed by atoms with Crippen LogP contribution in [0, 0.1) is 3.57 Å². The molecular formula is C17H15IN2O4. The minimum Gasteiger partial charge on any atom is -0.468 e. The van der Waals surface area contributed by atoms with E-state index in [4.69, 9.17) is 0 Å². The number of rotatable bonds is 5. The van der Waals surface area contributed by atoms with Crippen LogP contribution in [0.15, 0.2) is 48.5 Å². The maximum absolute atomic E-state index is 12.1. The number of halogens is 1. The molecule has 0 aliphatic carbocycles. The van der Waals surface area contributed by atoms with E-state index in [0.29, 0.717) is 16.8 Å². The summed E-state index contributed by atoms with van der Waals surface area (Å²) in [7, 11) is 1.25. The number of carbonyl (C=O) groups is 3. The van der Waals surface area contributed by atoms with Crippen molar-refractivity contribution in [2.75, 3.05) is 19.0 Å². The van der Waals surface area contributed by atoms with Crippen LogP contribution in [0.4, 0.5) is 5.69 Å². The standard InChI is InChI=1S/C17H15IN2O4/c1-24-15(21)10-19-16(22)11-4-8-14(9-5-11)20-17(23)12-2-6-13(18)7-3-12/h2-9H,10H2,1H3,(H,19,22)(H,20,23). The Kier molecular flexibility index (Phi) is 6.30. The third-order valence-corrected chi connectivity index (χ3v) is 3.85. The monoisotopic (exact) mass is 438 g/mol. The highest BCUT2D eigenvalue weighted by Crippen LogP contribution is 2.13. The molecular weight excluding hydrogens is 423 g/mol. The fourth-order valence-corrected chi connectivity index (χ4v) is 2.20. The average molecular weight is 438 g/mol. The van der Waals surface area contributed by atoms with Crippen molar-refractivity contribution in [1.29, 1.82) is 0 Å². The van der Waals surface area contributed by atoms with Crippen LogP contribution in [0.25, 0.3) is 0 Å². The quantitative estimate of drug-likeness (QED) is 0.555. The van der Waals surface area contributed by atoms with E-state index in [1.54, 1.807) is 36.4 Å². The van der Waals surface area contributed by atoms with Crippen LogP contribution in [0.2, 0.25) is 0 Å². The van der Waals surface area contributed by atoms with Gasteiger partial charge in [0.05, 0.1) is 7.11 Å². The predicted octanol–water partition coefficient (Wildman–Crippen LogP) is 2.45. The number of benzene rings is 2. The number of hydrogen-bond donors (Lipinski definition) is 2. The maximum Gasteiger partial charge on any atom is 0.325 e. The summed E-state index contributed by atoms with van der Waals surface area (Å²) in [6, 6.07) is 13.6. The van der Waals surface area contributed by atoms with E-state index in [1.165, 1.54) is 7.11 Å². The molecule has 0 radical (unpaired) electrons. The lowest BCUT2D eigenvalue weighted by Gasteiger charge is -2.07. The summed E-state index contributed by atoms with van der Waals surface area (Å²) in [5.41, 5.74) is 1.50. The van der Waals surface area contributed by atoms with Crippen LogP contribution >= 0.6 is 22.6 Å². The molecule has 0 aliphatic rings. The van der Waals surface area contributed by atoms with Crippen LogP contribution < -0.4 is 10.6 Å². The van der Waals surface area contributed by atoms with Gasteiger partial charge in [0.15, 0.2) is 0 Å². The Balaban J connectivity index is 1.96. The van der Waals surface area contributed by atoms with Crippen LogP contribution in [0.1, 0.15) is 20.7 Å². The van der Waals surface area contributed by atoms with Crippen molar-refractivity contribution in [3.63, 3.8) is 0 Å². The molecule has 124 valence electrons. The Morgan fingerprint density at radius 3 is 2.04 bits per heavy atom. The lowest BCUT2D eigenvalue weighted by molar-refractivity contribution is -0.139. The SMILES string of the molecule is COC(=O)CNC(=O)c1ccc(NC(=O)c2ccc(I)cc2)cc1. The molecule has 6 nitrogen and oxygen atoms in total. The molecule has 24 heavy (non-hydrogen) atoms. The van der Waals surface area contributed by atoms with Crippen molar-refractivity contribution in [1.82, 2.24) is 5.32 Å². The summed E-state index contributed by atoms with van der Waals surface area (Å²) in [5.74, 6) is -1.14. The molecule has 2 aromatic carbocycles. The van der Waals surface area contributed by atoms with Crippen LogP contribution in [0.3, 0.4) is 0 Å². The molecule has 0 bridgehead atoms. The van der Waals surface area contributed by atoms with E-state index in [2.05, 4.69) is 38.0 Å². The lowest BCUT2D eigenvalue weighted by atomic mass is 10.1. The molecule has 2 aromatic rings. The second-order valence-electron chi connectivity index (χ2n) is 4.80. The van der Waals surface area contributed by atoms with E-state index in [9.17, 15) is 14.4 Å². The zero-order chi connectivity index (χ0) is 17.5. The van der Waals surface area contributed by atoms with E-state index in [1.807, 2.05) is 12.1 Å². The third-order valence-electron chi connectivity index (χ3n) is 3.13. The zero-order valence-corrected chi connectivity index (χ0v) is 15.0. The second kappa shape index (κ2) is 8.44. The summed E-state index contributed by atoms with van der Waals surface area (Å²) in [6.45, 7) is -0.194. The maximum atomic E-state index is 12.1. The molecule has 2 amide bonds. The van der Waals surface area contributed by atoms with Gasteiger partial charge >= 0.3 is 5.97 Å². The minimum absolute atomic E-state index is 0.194. The Hall–Kier alpha value is -2.42. The van der Waals surface area contributed by atoms with E-state index in [-0.39, 0.29) is 12.5 Å². The number of amides is 2. The number of hydrogen-bond acceptors (Lipinski definition) is 4. The lowest BCUT2D eigenvalue weighted by Crippen LogP contribution is -2.30. The number of nitrogens with one attached hydrogen (secondary N) is 2. The molecule has 0 aromatic heterocycles. The molecule has 0 fully saturated rings. The van der Waals surface area contributed by atoms with Crippen molar-refractivity contribution in [3.05, 3.63) is 63.2 Å². The Morgan fingerprint density at radius 2 is 1.46 bits per heavy atom. The van der Waals surface area contributed by atoms with E-state index in [0.717, 1.165) is 3.57 Å². The molecule has 0 spiro atoms. The average Bonchev–Trinajstić information content (AvgIpc) is 2.60. The van der Waals surface area contributed by atoms with Crippen LogP contribution in [0.5, 0.6) is 0 Å². The molecule has 7 heteroatoms. The summed E-state index contributed by atoms with van der Waals surface area (Å²) in [5, 5.41) is 5.20. The van der Waals surface area contributed by atoms with Gasteiger partial charge in [-0.15, -0.1) is 0 Å². The van der Waals surface area contributed by atoms with Gasteiger partial charge in [0.1, 0.15) is 6.54 Å². The Morgan fingerprint density at radius 1 is 0.917 bits per heavy atom. The summed E-state index contributed by atoms with van der Waals surface area (Å²) in [4.78, 5) is 34.9. The van der Waals surface area contributed by atoms with E-state index >= 15 is 0 Å². The number of ether oxygens (including phenoxy) is 1. The summed E-state index contributed by atoms with van der Waals surface area (Å²) < 4.78 is 5.49. The topological polar surface area (TPSA) is 84.5 Å². The number of esters is 1.